The third kappa shape index (κ3) is 6.78. The Hall–Kier alpha value is -3.71. The maximum atomic E-state index is 14.7. The quantitative estimate of drug-likeness (QED) is 0.241. The first kappa shape index (κ1) is 27.3. The first-order valence-electron chi connectivity index (χ1n) is 12.5. The molecule has 0 bridgehead atoms. The molecular formula is C31H30BrFN2O3. The minimum Gasteiger partial charge on any atom is -0.483 e. The van der Waals surface area contributed by atoms with Crippen molar-refractivity contribution in [3.63, 3.8) is 0 Å². The van der Waals surface area contributed by atoms with Crippen molar-refractivity contribution in [1.29, 1.82) is 0 Å². The average Bonchev–Trinajstić information content (AvgIpc) is 2.91. The maximum Gasteiger partial charge on any atom is 0.261 e. The van der Waals surface area contributed by atoms with Gasteiger partial charge in [-0.25, -0.2) is 4.39 Å². The Balaban J connectivity index is 1.65. The number of fused-ring (bicyclic) bond motifs is 1. The van der Waals surface area contributed by atoms with Crippen LogP contribution in [0.3, 0.4) is 0 Å². The van der Waals surface area contributed by atoms with Crippen LogP contribution >= 0.6 is 15.9 Å². The lowest BCUT2D eigenvalue weighted by Gasteiger charge is -2.32. The van der Waals surface area contributed by atoms with Gasteiger partial charge in [-0.05, 0) is 58.2 Å². The number of carbonyl (C=O) groups excluding carboxylic acids is 2. The first-order chi connectivity index (χ1) is 18.3. The summed E-state index contributed by atoms with van der Waals surface area (Å²) >= 11 is 3.59. The molecule has 1 N–H and O–H groups in total. The van der Waals surface area contributed by atoms with Crippen LogP contribution in [0.25, 0.3) is 10.8 Å². The van der Waals surface area contributed by atoms with Gasteiger partial charge in [0, 0.05) is 24.6 Å². The number of hydrogen-bond donors (Lipinski definition) is 1. The third-order valence-corrected chi connectivity index (χ3v) is 7.00. The van der Waals surface area contributed by atoms with Gasteiger partial charge in [0.05, 0.1) is 4.47 Å². The Morgan fingerprint density at radius 1 is 0.921 bits per heavy atom. The summed E-state index contributed by atoms with van der Waals surface area (Å²) < 4.78 is 21.4. The van der Waals surface area contributed by atoms with Crippen molar-refractivity contribution in [2.75, 3.05) is 6.61 Å². The minimum absolute atomic E-state index is 0.0726. The van der Waals surface area contributed by atoms with Gasteiger partial charge in [0.25, 0.3) is 5.91 Å². The zero-order chi connectivity index (χ0) is 27.1. The van der Waals surface area contributed by atoms with E-state index in [2.05, 4.69) is 21.2 Å². The molecule has 4 aromatic rings. The second-order valence-electron chi connectivity index (χ2n) is 9.37. The monoisotopic (exact) mass is 576 g/mol. The average molecular weight is 577 g/mol. The van der Waals surface area contributed by atoms with Crippen molar-refractivity contribution in [2.45, 2.75) is 38.9 Å². The Labute approximate surface area is 230 Å². The number of ether oxygens (including phenoxy) is 1. The fourth-order valence-electron chi connectivity index (χ4n) is 4.29. The molecule has 7 heteroatoms. The normalized spacial score (nSPS) is 11.8. The third-order valence-electron chi connectivity index (χ3n) is 6.18. The predicted molar refractivity (Wildman–Crippen MR) is 151 cm³/mol. The summed E-state index contributed by atoms with van der Waals surface area (Å²) in [7, 11) is 0. The van der Waals surface area contributed by atoms with Crippen LogP contribution < -0.4 is 10.1 Å². The standard InChI is InChI=1S/C31H30BrFN2O3/c1-21(2)34-31(37)27(18-22-10-4-3-5-11-22)35(19-24-13-7-9-15-26(24)33)29(36)20-38-28-17-16-23-12-6-8-14-25(23)30(28)32/h3-17,21,27H,18-20H2,1-2H3,(H,34,37). The van der Waals surface area contributed by atoms with E-state index in [-0.39, 0.29) is 31.5 Å². The lowest BCUT2D eigenvalue weighted by molar-refractivity contribution is -0.143. The van der Waals surface area contributed by atoms with E-state index in [1.807, 2.05) is 74.5 Å². The van der Waals surface area contributed by atoms with Crippen LogP contribution in [-0.4, -0.2) is 35.4 Å². The van der Waals surface area contributed by atoms with Crippen molar-refractivity contribution in [3.05, 3.63) is 112 Å². The second-order valence-corrected chi connectivity index (χ2v) is 10.2. The van der Waals surface area contributed by atoms with Crippen LogP contribution in [0.2, 0.25) is 0 Å². The Kier molecular flexibility index (Phi) is 9.13. The zero-order valence-corrected chi connectivity index (χ0v) is 23.0. The van der Waals surface area contributed by atoms with Gasteiger partial charge in [0.2, 0.25) is 5.91 Å². The first-order valence-corrected chi connectivity index (χ1v) is 13.3. The summed E-state index contributed by atoms with van der Waals surface area (Å²) in [5, 5.41) is 4.92. The molecule has 4 rings (SSSR count). The lowest BCUT2D eigenvalue weighted by atomic mass is 10.0. The van der Waals surface area contributed by atoms with Crippen molar-refractivity contribution in [2.24, 2.45) is 0 Å². The largest absolute Gasteiger partial charge is 0.483 e. The SMILES string of the molecule is CC(C)NC(=O)C(Cc1ccccc1)N(Cc1ccccc1F)C(=O)COc1ccc2ccccc2c1Br. The number of carbonyl (C=O) groups is 2. The van der Waals surface area contributed by atoms with Crippen LogP contribution in [0, 0.1) is 5.82 Å². The second kappa shape index (κ2) is 12.7. The van der Waals surface area contributed by atoms with Crippen molar-refractivity contribution in [1.82, 2.24) is 10.2 Å². The van der Waals surface area contributed by atoms with Gasteiger partial charge in [-0.1, -0.05) is 78.9 Å². The summed E-state index contributed by atoms with van der Waals surface area (Å²) in [4.78, 5) is 28.5. The summed E-state index contributed by atoms with van der Waals surface area (Å²) in [5.74, 6) is -0.658. The van der Waals surface area contributed by atoms with E-state index in [4.69, 9.17) is 4.74 Å². The topological polar surface area (TPSA) is 58.6 Å². The van der Waals surface area contributed by atoms with E-state index < -0.39 is 17.8 Å². The Morgan fingerprint density at radius 3 is 2.34 bits per heavy atom. The number of amides is 2. The molecule has 0 saturated heterocycles. The number of halogens is 2. The highest BCUT2D eigenvalue weighted by atomic mass is 79.9. The summed E-state index contributed by atoms with van der Waals surface area (Å²) in [6.45, 7) is 3.34. The molecule has 0 radical (unpaired) electrons. The van der Waals surface area contributed by atoms with Gasteiger partial charge in [-0.2, -0.15) is 0 Å². The van der Waals surface area contributed by atoms with Gasteiger partial charge in [-0.3, -0.25) is 9.59 Å². The van der Waals surface area contributed by atoms with Gasteiger partial charge >= 0.3 is 0 Å². The van der Waals surface area contributed by atoms with Crippen LogP contribution in [0.4, 0.5) is 4.39 Å². The van der Waals surface area contributed by atoms with Crippen molar-refractivity contribution >= 4 is 38.5 Å². The van der Waals surface area contributed by atoms with Crippen LogP contribution in [0.5, 0.6) is 5.75 Å². The molecule has 2 amide bonds. The molecule has 4 aromatic carbocycles. The number of nitrogens with one attached hydrogen (secondary N) is 1. The highest BCUT2D eigenvalue weighted by Crippen LogP contribution is 2.33. The summed E-state index contributed by atoms with van der Waals surface area (Å²) in [5.41, 5.74) is 1.21. The minimum atomic E-state index is -0.865. The molecule has 1 unspecified atom stereocenters. The molecule has 0 saturated carbocycles. The fraction of sp³-hybridized carbons (Fsp3) is 0.226. The molecule has 0 aliphatic heterocycles. The van der Waals surface area contributed by atoms with Crippen molar-refractivity contribution < 1.29 is 18.7 Å². The highest BCUT2D eigenvalue weighted by molar-refractivity contribution is 9.10. The molecule has 196 valence electrons. The molecular weight excluding hydrogens is 547 g/mol. The van der Waals surface area contributed by atoms with E-state index in [1.165, 1.54) is 11.0 Å². The summed E-state index contributed by atoms with van der Waals surface area (Å²) in [6.07, 6.45) is 0.277. The maximum absolute atomic E-state index is 14.7. The van der Waals surface area contributed by atoms with E-state index >= 15 is 0 Å². The number of nitrogens with zero attached hydrogens (tertiary/aromatic N) is 1. The molecule has 0 aromatic heterocycles. The molecule has 5 nitrogen and oxygen atoms in total. The van der Waals surface area contributed by atoms with Gasteiger partial charge in [-0.15, -0.1) is 0 Å². The van der Waals surface area contributed by atoms with Crippen LogP contribution in [0.15, 0.2) is 95.5 Å². The zero-order valence-electron chi connectivity index (χ0n) is 21.4. The lowest BCUT2D eigenvalue weighted by Crippen LogP contribution is -2.53. The van der Waals surface area contributed by atoms with Crippen LogP contribution in [0.1, 0.15) is 25.0 Å². The van der Waals surface area contributed by atoms with E-state index in [0.29, 0.717) is 11.3 Å². The molecule has 0 aliphatic rings. The molecule has 1 atom stereocenters. The number of hydrogen-bond acceptors (Lipinski definition) is 3. The fourth-order valence-corrected chi connectivity index (χ4v) is 4.90. The molecule has 38 heavy (non-hydrogen) atoms. The number of rotatable bonds is 10. The van der Waals surface area contributed by atoms with Gasteiger partial charge < -0.3 is 15.0 Å². The predicted octanol–water partition coefficient (Wildman–Crippen LogP) is 6.28. The van der Waals surface area contributed by atoms with E-state index in [0.717, 1.165) is 20.8 Å². The van der Waals surface area contributed by atoms with Crippen LogP contribution in [-0.2, 0) is 22.6 Å². The Bertz CT molecular complexity index is 1410. The molecule has 0 fully saturated rings. The van der Waals surface area contributed by atoms with E-state index in [1.54, 1.807) is 24.3 Å². The van der Waals surface area contributed by atoms with Crippen molar-refractivity contribution in [3.8, 4) is 5.75 Å². The smallest absolute Gasteiger partial charge is 0.261 e. The highest BCUT2D eigenvalue weighted by Gasteiger charge is 2.31. The molecule has 0 heterocycles. The van der Waals surface area contributed by atoms with Gasteiger partial charge in [0.1, 0.15) is 17.6 Å². The van der Waals surface area contributed by atoms with E-state index in [9.17, 15) is 14.0 Å². The summed E-state index contributed by atoms with van der Waals surface area (Å²) in [6, 6.07) is 26.3. The molecule has 0 aliphatic carbocycles. The molecule has 0 spiro atoms. The number of benzene rings is 4. The van der Waals surface area contributed by atoms with Gasteiger partial charge in [0.15, 0.2) is 6.61 Å². The Morgan fingerprint density at radius 2 is 1.61 bits per heavy atom.